The fraction of sp³-hybridized carbons (Fsp3) is 0.222. The number of aliphatic imine (C=N–C) groups is 2. The van der Waals surface area contributed by atoms with Gasteiger partial charge in [0.25, 0.3) is 0 Å². The molecule has 0 radical (unpaired) electrons. The van der Waals surface area contributed by atoms with Gasteiger partial charge in [0.2, 0.25) is 0 Å². The van der Waals surface area contributed by atoms with Crippen molar-refractivity contribution >= 4 is 17.2 Å². The van der Waals surface area contributed by atoms with Gasteiger partial charge in [-0.25, -0.2) is 9.38 Å². The Kier molecular flexibility index (Phi) is 4.74. The number of halogens is 1. The third kappa shape index (κ3) is 3.22. The molecule has 24 heavy (non-hydrogen) atoms. The standard InChI is InChI=1S/C18H17FN4O/c1-2-12-7-8-16-14(9-12)18(13-5-3-4-6-15(13)19)20-10-17(23-16)21-11-22-24/h3-9H,2,10-11H2,1H3,(H,21,23). The van der Waals surface area contributed by atoms with Gasteiger partial charge in [-0.15, -0.1) is 4.91 Å². The van der Waals surface area contributed by atoms with Gasteiger partial charge in [0.05, 0.1) is 12.3 Å². The minimum absolute atomic E-state index is 0.171. The number of aryl methyl sites for hydroxylation is 1. The van der Waals surface area contributed by atoms with Crippen LogP contribution >= 0.6 is 0 Å². The monoisotopic (exact) mass is 324 g/mol. The van der Waals surface area contributed by atoms with Crippen LogP contribution in [0.25, 0.3) is 0 Å². The van der Waals surface area contributed by atoms with E-state index in [4.69, 9.17) is 0 Å². The highest BCUT2D eigenvalue weighted by molar-refractivity contribution is 6.19. The topological polar surface area (TPSA) is 66.2 Å². The SMILES string of the molecule is CCc1ccc2c(c1)C(c1ccccc1F)=NC/C(=N/CN=O)N2. The molecule has 0 aliphatic carbocycles. The maximum Gasteiger partial charge on any atom is 0.173 e. The molecule has 0 unspecified atom stereocenters. The Hall–Kier alpha value is -2.89. The molecule has 122 valence electrons. The smallest absolute Gasteiger partial charge is 0.173 e. The van der Waals surface area contributed by atoms with Gasteiger partial charge < -0.3 is 5.32 Å². The van der Waals surface area contributed by atoms with Crippen LogP contribution in [0.5, 0.6) is 0 Å². The molecule has 0 aromatic heterocycles. The molecule has 1 aliphatic rings. The van der Waals surface area contributed by atoms with E-state index in [0.29, 0.717) is 17.1 Å². The third-order valence-corrected chi connectivity index (χ3v) is 3.86. The zero-order chi connectivity index (χ0) is 16.9. The summed E-state index contributed by atoms with van der Waals surface area (Å²) in [6.45, 7) is 2.12. The van der Waals surface area contributed by atoms with Crippen LogP contribution in [0, 0.1) is 10.7 Å². The number of hydrogen-bond donors (Lipinski definition) is 1. The van der Waals surface area contributed by atoms with Crippen molar-refractivity contribution in [2.75, 3.05) is 18.5 Å². The van der Waals surface area contributed by atoms with Gasteiger partial charge in [0.15, 0.2) is 6.67 Å². The largest absolute Gasteiger partial charge is 0.342 e. The van der Waals surface area contributed by atoms with E-state index in [-0.39, 0.29) is 19.0 Å². The molecule has 0 spiro atoms. The molecule has 0 bridgehead atoms. The number of anilines is 1. The normalized spacial score (nSPS) is 15.2. The van der Waals surface area contributed by atoms with Crippen molar-refractivity contribution in [1.29, 1.82) is 0 Å². The average molecular weight is 324 g/mol. The van der Waals surface area contributed by atoms with Crippen molar-refractivity contribution in [2.45, 2.75) is 13.3 Å². The van der Waals surface area contributed by atoms with Crippen molar-refractivity contribution in [1.82, 2.24) is 0 Å². The van der Waals surface area contributed by atoms with Crippen LogP contribution in [0.2, 0.25) is 0 Å². The molecular weight excluding hydrogens is 307 g/mol. The van der Waals surface area contributed by atoms with Crippen LogP contribution in [0.15, 0.2) is 57.6 Å². The van der Waals surface area contributed by atoms with E-state index < -0.39 is 0 Å². The van der Waals surface area contributed by atoms with Gasteiger partial charge in [0.1, 0.15) is 11.7 Å². The average Bonchev–Trinajstić information content (AvgIpc) is 2.79. The van der Waals surface area contributed by atoms with E-state index in [1.807, 2.05) is 18.2 Å². The number of benzene rings is 2. The first-order valence-corrected chi connectivity index (χ1v) is 7.75. The summed E-state index contributed by atoms with van der Waals surface area (Å²) >= 11 is 0. The first-order chi connectivity index (χ1) is 11.7. The molecule has 1 N–H and O–H groups in total. The second-order valence-corrected chi connectivity index (χ2v) is 5.38. The number of nitrogens with one attached hydrogen (secondary N) is 1. The first-order valence-electron chi connectivity index (χ1n) is 7.75. The number of rotatable bonds is 4. The number of amidine groups is 1. The van der Waals surface area contributed by atoms with Crippen molar-refractivity contribution in [3.63, 3.8) is 0 Å². The van der Waals surface area contributed by atoms with E-state index in [1.54, 1.807) is 18.2 Å². The van der Waals surface area contributed by atoms with Crippen LogP contribution < -0.4 is 5.32 Å². The zero-order valence-corrected chi connectivity index (χ0v) is 13.3. The first kappa shape index (κ1) is 16.0. The lowest BCUT2D eigenvalue weighted by Gasteiger charge is -2.13. The number of fused-ring (bicyclic) bond motifs is 1. The fourth-order valence-electron chi connectivity index (χ4n) is 2.64. The quantitative estimate of drug-likeness (QED) is 0.870. The van der Waals surface area contributed by atoms with E-state index in [2.05, 4.69) is 27.4 Å². The molecular formula is C18H17FN4O. The predicted octanol–water partition coefficient (Wildman–Crippen LogP) is 3.77. The minimum Gasteiger partial charge on any atom is -0.342 e. The Bertz CT molecular complexity index is 830. The van der Waals surface area contributed by atoms with Crippen molar-refractivity contribution in [3.05, 3.63) is 69.9 Å². The molecule has 0 saturated heterocycles. The van der Waals surface area contributed by atoms with E-state index in [0.717, 1.165) is 23.2 Å². The Morgan fingerprint density at radius 1 is 1.21 bits per heavy atom. The summed E-state index contributed by atoms with van der Waals surface area (Å²) in [4.78, 5) is 18.9. The van der Waals surface area contributed by atoms with Gasteiger partial charge in [-0.1, -0.05) is 25.1 Å². The van der Waals surface area contributed by atoms with Crippen LogP contribution in [0.4, 0.5) is 10.1 Å². The second-order valence-electron chi connectivity index (χ2n) is 5.38. The van der Waals surface area contributed by atoms with Crippen molar-refractivity contribution in [3.8, 4) is 0 Å². The zero-order valence-electron chi connectivity index (χ0n) is 13.3. The lowest BCUT2D eigenvalue weighted by atomic mass is 9.97. The summed E-state index contributed by atoms with van der Waals surface area (Å²) < 4.78 is 14.3. The highest BCUT2D eigenvalue weighted by atomic mass is 19.1. The summed E-state index contributed by atoms with van der Waals surface area (Å²) in [5.74, 6) is 0.213. The molecule has 0 fully saturated rings. The molecule has 0 amide bonds. The molecule has 0 saturated carbocycles. The van der Waals surface area contributed by atoms with Crippen LogP contribution in [0.1, 0.15) is 23.6 Å². The number of nitrogens with zero attached hydrogens (tertiary/aromatic N) is 3. The van der Waals surface area contributed by atoms with Gasteiger partial charge >= 0.3 is 0 Å². The summed E-state index contributed by atoms with van der Waals surface area (Å²) in [5.41, 5.74) is 3.77. The number of benzodiazepines with no additional fused rings is 1. The Morgan fingerprint density at radius 3 is 2.79 bits per heavy atom. The highest BCUT2D eigenvalue weighted by Gasteiger charge is 2.19. The van der Waals surface area contributed by atoms with E-state index in [9.17, 15) is 9.30 Å². The summed E-state index contributed by atoms with van der Waals surface area (Å²) in [6.07, 6.45) is 0.869. The third-order valence-electron chi connectivity index (χ3n) is 3.86. The van der Waals surface area contributed by atoms with Gasteiger partial charge in [0, 0.05) is 16.8 Å². The van der Waals surface area contributed by atoms with Crippen LogP contribution in [-0.4, -0.2) is 24.8 Å². The van der Waals surface area contributed by atoms with Gasteiger partial charge in [-0.3, -0.25) is 4.99 Å². The molecule has 6 heteroatoms. The molecule has 0 atom stereocenters. The lowest BCUT2D eigenvalue weighted by Crippen LogP contribution is -2.15. The van der Waals surface area contributed by atoms with E-state index in [1.165, 1.54) is 6.07 Å². The van der Waals surface area contributed by atoms with Gasteiger partial charge in [-0.05, 0) is 41.4 Å². The second kappa shape index (κ2) is 7.12. The van der Waals surface area contributed by atoms with Crippen LogP contribution in [0.3, 0.4) is 0 Å². The minimum atomic E-state index is -0.320. The Labute approximate surface area is 139 Å². The Balaban J connectivity index is 2.15. The lowest BCUT2D eigenvalue weighted by molar-refractivity contribution is 0.625. The molecule has 1 heterocycles. The summed E-state index contributed by atoms with van der Waals surface area (Å²) in [6, 6.07) is 12.5. The summed E-state index contributed by atoms with van der Waals surface area (Å²) in [7, 11) is 0. The molecule has 5 nitrogen and oxygen atoms in total. The maximum absolute atomic E-state index is 14.3. The predicted molar refractivity (Wildman–Crippen MR) is 94.4 cm³/mol. The highest BCUT2D eigenvalue weighted by Crippen LogP contribution is 2.25. The number of hydrogen-bond acceptors (Lipinski definition) is 4. The van der Waals surface area contributed by atoms with Crippen molar-refractivity contribution < 1.29 is 4.39 Å². The molecule has 1 aliphatic heterocycles. The molecule has 3 rings (SSSR count). The molecule has 2 aromatic rings. The fourth-order valence-corrected chi connectivity index (χ4v) is 2.64. The van der Waals surface area contributed by atoms with Gasteiger partial charge in [-0.2, -0.15) is 0 Å². The maximum atomic E-state index is 14.3. The number of nitroso groups, excluding NO2 is 1. The van der Waals surface area contributed by atoms with Crippen LogP contribution in [-0.2, 0) is 6.42 Å². The Morgan fingerprint density at radius 2 is 2.04 bits per heavy atom. The molecule has 2 aromatic carbocycles. The van der Waals surface area contributed by atoms with E-state index >= 15 is 0 Å². The van der Waals surface area contributed by atoms with Crippen molar-refractivity contribution in [2.24, 2.45) is 15.2 Å². The summed E-state index contributed by atoms with van der Waals surface area (Å²) in [5, 5.41) is 5.93.